The highest BCUT2D eigenvalue weighted by atomic mass is 19.1. The maximum Gasteiger partial charge on any atom is 0.261 e. The first-order chi connectivity index (χ1) is 15.5. The summed E-state index contributed by atoms with van der Waals surface area (Å²) >= 11 is 0. The normalized spacial score (nSPS) is 19.8. The number of piperidine rings is 1. The molecule has 0 amide bonds. The molecular weight excluding hydrogens is 413 g/mol. The number of nitrogen functional groups attached to an aromatic ring is 1. The van der Waals surface area contributed by atoms with E-state index in [2.05, 4.69) is 10.3 Å². The van der Waals surface area contributed by atoms with Gasteiger partial charge in [0.1, 0.15) is 17.4 Å². The van der Waals surface area contributed by atoms with Crippen molar-refractivity contribution in [3.8, 4) is 17.6 Å². The van der Waals surface area contributed by atoms with Crippen molar-refractivity contribution in [3.05, 3.63) is 58.4 Å². The molecule has 164 valence electrons. The number of anilines is 1. The number of hydrogen-bond acceptors (Lipinski definition) is 7. The topological polar surface area (TPSA) is 115 Å². The van der Waals surface area contributed by atoms with Crippen LogP contribution in [0.3, 0.4) is 0 Å². The SMILES string of the molecule is N#Cc1c(N)ccc(F)c1Oc1ccc2ncn(C3COC4(CCNCC4)C3)c(=O)c2c1. The fraction of sp³-hybridized carbons (Fsp3) is 0.348. The number of hydrogen-bond donors (Lipinski definition) is 2. The van der Waals surface area contributed by atoms with Gasteiger partial charge in [-0.05, 0) is 62.7 Å². The van der Waals surface area contributed by atoms with E-state index in [1.165, 1.54) is 12.1 Å². The Bertz CT molecular complexity index is 1290. The van der Waals surface area contributed by atoms with E-state index in [1.54, 1.807) is 23.0 Å². The molecule has 2 saturated heterocycles. The molecule has 1 unspecified atom stereocenters. The molecule has 3 N–H and O–H groups in total. The molecule has 32 heavy (non-hydrogen) atoms. The molecule has 3 aromatic rings. The predicted molar refractivity (Wildman–Crippen MR) is 116 cm³/mol. The van der Waals surface area contributed by atoms with Crippen molar-refractivity contribution >= 4 is 16.6 Å². The zero-order chi connectivity index (χ0) is 22.3. The molecule has 0 aliphatic carbocycles. The van der Waals surface area contributed by atoms with Crippen LogP contribution in [0, 0.1) is 17.1 Å². The zero-order valence-electron chi connectivity index (χ0n) is 17.3. The number of halogens is 1. The monoisotopic (exact) mass is 435 g/mol. The van der Waals surface area contributed by atoms with Crippen LogP contribution < -0.4 is 21.3 Å². The van der Waals surface area contributed by atoms with Gasteiger partial charge in [0.2, 0.25) is 0 Å². The third-order valence-corrected chi connectivity index (χ3v) is 6.33. The summed E-state index contributed by atoms with van der Waals surface area (Å²) in [4.78, 5) is 17.7. The van der Waals surface area contributed by atoms with Gasteiger partial charge in [0.15, 0.2) is 11.6 Å². The lowest BCUT2D eigenvalue weighted by molar-refractivity contribution is -0.0196. The van der Waals surface area contributed by atoms with E-state index in [-0.39, 0.29) is 40.0 Å². The Morgan fingerprint density at radius 3 is 2.91 bits per heavy atom. The van der Waals surface area contributed by atoms with Crippen molar-refractivity contribution < 1.29 is 13.9 Å². The molecule has 5 rings (SSSR count). The maximum absolute atomic E-state index is 14.3. The predicted octanol–water partition coefficient (Wildman–Crippen LogP) is 2.87. The van der Waals surface area contributed by atoms with Crippen molar-refractivity contribution in [2.75, 3.05) is 25.4 Å². The van der Waals surface area contributed by atoms with Crippen LogP contribution in [-0.2, 0) is 4.74 Å². The third kappa shape index (κ3) is 3.47. The highest BCUT2D eigenvalue weighted by Crippen LogP contribution is 2.39. The first kappa shape index (κ1) is 20.4. The first-order valence-corrected chi connectivity index (χ1v) is 10.5. The number of nitrogens with zero attached hydrogens (tertiary/aromatic N) is 3. The van der Waals surface area contributed by atoms with Gasteiger partial charge in [0.05, 0.1) is 41.2 Å². The zero-order valence-corrected chi connectivity index (χ0v) is 17.3. The second-order valence-corrected chi connectivity index (χ2v) is 8.29. The van der Waals surface area contributed by atoms with Crippen LogP contribution in [0.1, 0.15) is 30.9 Å². The largest absolute Gasteiger partial charge is 0.453 e. The van der Waals surface area contributed by atoms with Gasteiger partial charge in [0, 0.05) is 0 Å². The Labute approximate surface area is 183 Å². The second-order valence-electron chi connectivity index (χ2n) is 8.29. The van der Waals surface area contributed by atoms with Gasteiger partial charge in [-0.3, -0.25) is 9.36 Å². The molecule has 2 fully saturated rings. The fourth-order valence-corrected chi connectivity index (χ4v) is 4.57. The van der Waals surface area contributed by atoms with E-state index in [0.717, 1.165) is 38.4 Å². The summed E-state index contributed by atoms with van der Waals surface area (Å²) in [5, 5.41) is 13.0. The minimum atomic E-state index is -0.713. The van der Waals surface area contributed by atoms with Gasteiger partial charge in [-0.2, -0.15) is 5.26 Å². The van der Waals surface area contributed by atoms with Crippen LogP contribution in [0.4, 0.5) is 10.1 Å². The number of nitrogens with one attached hydrogen (secondary N) is 1. The molecule has 8 nitrogen and oxygen atoms in total. The molecule has 0 bridgehead atoms. The van der Waals surface area contributed by atoms with Crippen molar-refractivity contribution in [1.29, 1.82) is 5.26 Å². The van der Waals surface area contributed by atoms with Crippen LogP contribution in [-0.4, -0.2) is 34.8 Å². The third-order valence-electron chi connectivity index (χ3n) is 6.33. The summed E-state index contributed by atoms with van der Waals surface area (Å²) in [5.74, 6) is -0.768. The number of nitrogens with two attached hydrogens (primary N) is 1. The molecule has 1 aromatic heterocycles. The van der Waals surface area contributed by atoms with Crippen LogP contribution in [0.2, 0.25) is 0 Å². The van der Waals surface area contributed by atoms with Crippen molar-refractivity contribution in [3.63, 3.8) is 0 Å². The van der Waals surface area contributed by atoms with Gasteiger partial charge in [-0.15, -0.1) is 0 Å². The molecule has 2 aromatic carbocycles. The lowest BCUT2D eigenvalue weighted by atomic mass is 9.88. The Balaban J connectivity index is 1.49. The number of fused-ring (bicyclic) bond motifs is 1. The number of ether oxygens (including phenoxy) is 2. The standard InChI is InChI=1S/C23H22FN5O3/c24-18-2-3-19(26)17(11-25)21(18)32-15-1-4-20-16(9-15)22(30)29(13-28-20)14-10-23(31-12-14)5-7-27-8-6-23/h1-4,9,13-14,27H,5-8,10,12,26H2. The Hall–Kier alpha value is -3.48. The molecule has 2 aliphatic rings. The minimum Gasteiger partial charge on any atom is -0.453 e. The van der Waals surface area contributed by atoms with Gasteiger partial charge < -0.3 is 20.5 Å². The van der Waals surface area contributed by atoms with Crippen LogP contribution in [0.25, 0.3) is 10.9 Å². The Morgan fingerprint density at radius 2 is 2.12 bits per heavy atom. The molecule has 1 atom stereocenters. The second kappa shape index (κ2) is 7.89. The lowest BCUT2D eigenvalue weighted by Crippen LogP contribution is -2.41. The minimum absolute atomic E-state index is 0.0935. The number of nitriles is 1. The first-order valence-electron chi connectivity index (χ1n) is 10.5. The van der Waals surface area contributed by atoms with E-state index in [1.807, 2.05) is 6.07 Å². The number of benzene rings is 2. The van der Waals surface area contributed by atoms with Gasteiger partial charge in [-0.1, -0.05) is 0 Å². The molecule has 2 aliphatic heterocycles. The summed E-state index contributed by atoms with van der Waals surface area (Å²) in [7, 11) is 0. The van der Waals surface area contributed by atoms with E-state index < -0.39 is 5.82 Å². The van der Waals surface area contributed by atoms with E-state index in [9.17, 15) is 14.4 Å². The van der Waals surface area contributed by atoms with Gasteiger partial charge in [-0.25, -0.2) is 9.37 Å². The van der Waals surface area contributed by atoms with E-state index in [4.69, 9.17) is 15.2 Å². The summed E-state index contributed by atoms with van der Waals surface area (Å²) in [6, 6.07) is 8.93. The maximum atomic E-state index is 14.3. The summed E-state index contributed by atoms with van der Waals surface area (Å²) in [6.45, 7) is 2.27. The average molecular weight is 435 g/mol. The molecule has 0 radical (unpaired) electrons. The van der Waals surface area contributed by atoms with Gasteiger partial charge in [0.25, 0.3) is 5.56 Å². The molecule has 1 spiro atoms. The molecule has 3 heterocycles. The quantitative estimate of drug-likeness (QED) is 0.608. The Morgan fingerprint density at radius 1 is 1.31 bits per heavy atom. The highest BCUT2D eigenvalue weighted by molar-refractivity contribution is 5.79. The highest BCUT2D eigenvalue weighted by Gasteiger charge is 2.42. The Kier molecular flexibility index (Phi) is 5.04. The molecular formula is C23H22FN5O3. The van der Waals surface area contributed by atoms with Crippen molar-refractivity contribution in [1.82, 2.24) is 14.9 Å². The summed E-state index contributed by atoms with van der Waals surface area (Å²) < 4.78 is 27.7. The average Bonchev–Trinajstić information content (AvgIpc) is 3.20. The molecule has 9 heteroatoms. The van der Waals surface area contributed by atoms with Crippen molar-refractivity contribution in [2.24, 2.45) is 0 Å². The van der Waals surface area contributed by atoms with E-state index in [0.29, 0.717) is 17.5 Å². The number of rotatable bonds is 3. The summed E-state index contributed by atoms with van der Waals surface area (Å²) in [5.41, 5.74) is 5.89. The van der Waals surface area contributed by atoms with Crippen LogP contribution in [0.5, 0.6) is 11.5 Å². The molecule has 0 saturated carbocycles. The van der Waals surface area contributed by atoms with Crippen LogP contribution >= 0.6 is 0 Å². The number of aromatic nitrogens is 2. The fourth-order valence-electron chi connectivity index (χ4n) is 4.57. The van der Waals surface area contributed by atoms with E-state index >= 15 is 0 Å². The van der Waals surface area contributed by atoms with Gasteiger partial charge >= 0.3 is 0 Å². The van der Waals surface area contributed by atoms with Crippen LogP contribution in [0.15, 0.2) is 41.5 Å². The smallest absolute Gasteiger partial charge is 0.261 e. The lowest BCUT2D eigenvalue weighted by Gasteiger charge is -2.32. The van der Waals surface area contributed by atoms with Crippen molar-refractivity contribution in [2.45, 2.75) is 30.9 Å². The summed E-state index contributed by atoms with van der Waals surface area (Å²) in [6.07, 6.45) is 4.16.